The second kappa shape index (κ2) is 9.73. The average molecular weight is 429 g/mol. The molecule has 0 atom stereocenters. The molecule has 0 unspecified atom stereocenters. The highest BCUT2D eigenvalue weighted by molar-refractivity contribution is 5.89. The molecule has 2 nitrogen and oxygen atoms in total. The van der Waals surface area contributed by atoms with Gasteiger partial charge in [-0.2, -0.15) is 0 Å². The molecule has 0 amide bonds. The van der Waals surface area contributed by atoms with Gasteiger partial charge in [0.15, 0.2) is 0 Å². The SMILES string of the molecule is CCC(C)(/C=C\C1=CCC(C)(C)c2ccc(/C=C/c3ccc(C(=O)OC)cc3)cc21)CC. The maximum absolute atomic E-state index is 11.6. The highest BCUT2D eigenvalue weighted by Gasteiger charge is 2.27. The Morgan fingerprint density at radius 3 is 2.25 bits per heavy atom. The van der Waals surface area contributed by atoms with Crippen LogP contribution in [-0.4, -0.2) is 13.1 Å². The molecule has 0 aromatic heterocycles. The first-order chi connectivity index (χ1) is 15.2. The van der Waals surface area contributed by atoms with Gasteiger partial charge in [-0.15, -0.1) is 0 Å². The quantitative estimate of drug-likeness (QED) is 0.329. The summed E-state index contributed by atoms with van der Waals surface area (Å²) in [7, 11) is 1.40. The van der Waals surface area contributed by atoms with Gasteiger partial charge in [0.2, 0.25) is 0 Å². The van der Waals surface area contributed by atoms with Crippen LogP contribution in [0.25, 0.3) is 17.7 Å². The molecule has 0 bridgehead atoms. The van der Waals surface area contributed by atoms with Crippen LogP contribution in [0.5, 0.6) is 0 Å². The monoisotopic (exact) mass is 428 g/mol. The molecule has 0 aliphatic heterocycles. The van der Waals surface area contributed by atoms with E-state index in [2.05, 4.69) is 83.2 Å². The third-order valence-corrected chi connectivity index (χ3v) is 7.00. The van der Waals surface area contributed by atoms with E-state index in [4.69, 9.17) is 4.74 Å². The smallest absolute Gasteiger partial charge is 0.337 e. The first-order valence-corrected chi connectivity index (χ1v) is 11.6. The summed E-state index contributed by atoms with van der Waals surface area (Å²) in [6.07, 6.45) is 14.7. The summed E-state index contributed by atoms with van der Waals surface area (Å²) in [5, 5.41) is 0. The number of ether oxygens (including phenoxy) is 1. The molecule has 3 rings (SSSR count). The van der Waals surface area contributed by atoms with Gasteiger partial charge < -0.3 is 4.74 Å². The first-order valence-electron chi connectivity index (χ1n) is 11.6. The number of hydrogen-bond donors (Lipinski definition) is 0. The zero-order chi connectivity index (χ0) is 23.4. The van der Waals surface area contributed by atoms with E-state index in [0.717, 1.165) is 24.8 Å². The van der Waals surface area contributed by atoms with E-state index in [1.165, 1.54) is 29.4 Å². The number of rotatable bonds is 7. The van der Waals surface area contributed by atoms with Crippen LogP contribution in [0.15, 0.2) is 60.7 Å². The second-order valence-corrected chi connectivity index (χ2v) is 9.69. The van der Waals surface area contributed by atoms with Crippen LogP contribution < -0.4 is 0 Å². The van der Waals surface area contributed by atoms with Gasteiger partial charge in [-0.3, -0.25) is 0 Å². The Kier molecular flexibility index (Phi) is 7.23. The van der Waals surface area contributed by atoms with Gasteiger partial charge in [0, 0.05) is 0 Å². The number of esters is 1. The molecule has 0 spiro atoms. The predicted octanol–water partition coefficient (Wildman–Crippen LogP) is 8.09. The van der Waals surface area contributed by atoms with Crippen LogP contribution in [0.3, 0.4) is 0 Å². The minimum Gasteiger partial charge on any atom is -0.465 e. The molecule has 0 saturated heterocycles. The fourth-order valence-corrected chi connectivity index (χ4v) is 4.05. The van der Waals surface area contributed by atoms with Gasteiger partial charge in [-0.25, -0.2) is 4.79 Å². The molecule has 0 radical (unpaired) electrons. The average Bonchev–Trinajstić information content (AvgIpc) is 2.81. The van der Waals surface area contributed by atoms with Crippen molar-refractivity contribution in [1.29, 1.82) is 0 Å². The third-order valence-electron chi connectivity index (χ3n) is 7.00. The van der Waals surface area contributed by atoms with E-state index < -0.39 is 0 Å². The highest BCUT2D eigenvalue weighted by Crippen LogP contribution is 2.40. The minimum atomic E-state index is -0.313. The number of benzene rings is 2. The maximum Gasteiger partial charge on any atom is 0.337 e. The van der Waals surface area contributed by atoms with Crippen LogP contribution in [-0.2, 0) is 10.2 Å². The Labute approximate surface area is 193 Å². The topological polar surface area (TPSA) is 26.3 Å². The molecule has 1 aliphatic carbocycles. The molecule has 2 aromatic rings. The molecule has 32 heavy (non-hydrogen) atoms. The molecular formula is C30H36O2. The van der Waals surface area contributed by atoms with E-state index in [-0.39, 0.29) is 16.8 Å². The van der Waals surface area contributed by atoms with Crippen molar-refractivity contribution in [2.45, 2.75) is 59.3 Å². The van der Waals surface area contributed by atoms with E-state index in [0.29, 0.717) is 5.56 Å². The number of fused-ring (bicyclic) bond motifs is 1. The van der Waals surface area contributed by atoms with Gasteiger partial charge in [-0.1, -0.05) is 89.3 Å². The molecular weight excluding hydrogens is 392 g/mol. The summed E-state index contributed by atoms with van der Waals surface area (Å²) >= 11 is 0. The number of carbonyl (C=O) groups excluding carboxylic acids is 1. The van der Waals surface area contributed by atoms with Gasteiger partial charge >= 0.3 is 5.97 Å². The number of carbonyl (C=O) groups is 1. The number of hydrogen-bond acceptors (Lipinski definition) is 2. The lowest BCUT2D eigenvalue weighted by molar-refractivity contribution is 0.0600. The molecule has 1 aliphatic rings. The summed E-state index contributed by atoms with van der Waals surface area (Å²) in [6.45, 7) is 11.5. The van der Waals surface area contributed by atoms with E-state index in [9.17, 15) is 4.79 Å². The molecule has 2 aromatic carbocycles. The van der Waals surface area contributed by atoms with Crippen molar-refractivity contribution in [2.75, 3.05) is 7.11 Å². The summed E-state index contributed by atoms with van der Waals surface area (Å²) in [4.78, 5) is 11.6. The normalized spacial score (nSPS) is 15.6. The minimum absolute atomic E-state index is 0.136. The van der Waals surface area contributed by atoms with Crippen molar-refractivity contribution >= 4 is 23.7 Å². The van der Waals surface area contributed by atoms with E-state index in [1.807, 2.05) is 12.1 Å². The zero-order valence-corrected chi connectivity index (χ0v) is 20.4. The fourth-order valence-electron chi connectivity index (χ4n) is 4.05. The van der Waals surface area contributed by atoms with Gasteiger partial charge in [0.05, 0.1) is 12.7 Å². The maximum atomic E-state index is 11.6. The summed E-state index contributed by atoms with van der Waals surface area (Å²) in [6, 6.07) is 14.3. The zero-order valence-electron chi connectivity index (χ0n) is 20.4. The van der Waals surface area contributed by atoms with Crippen LogP contribution in [0.4, 0.5) is 0 Å². The molecule has 0 heterocycles. The molecule has 2 heteroatoms. The van der Waals surface area contributed by atoms with Crippen molar-refractivity contribution in [3.05, 3.63) is 88.5 Å². The highest BCUT2D eigenvalue weighted by atomic mass is 16.5. The molecule has 168 valence electrons. The molecule has 0 saturated carbocycles. The van der Waals surface area contributed by atoms with Crippen molar-refractivity contribution in [3.8, 4) is 0 Å². The first kappa shape index (κ1) is 23.8. The third kappa shape index (κ3) is 5.30. The second-order valence-electron chi connectivity index (χ2n) is 9.69. The van der Waals surface area contributed by atoms with Crippen molar-refractivity contribution in [2.24, 2.45) is 5.41 Å². The summed E-state index contributed by atoms with van der Waals surface area (Å²) in [5.41, 5.74) is 7.22. The van der Waals surface area contributed by atoms with Crippen LogP contribution in [0, 0.1) is 5.41 Å². The van der Waals surface area contributed by atoms with E-state index >= 15 is 0 Å². The Balaban J connectivity index is 1.90. The van der Waals surface area contributed by atoms with Crippen LogP contribution >= 0.6 is 0 Å². The number of allylic oxidation sites excluding steroid dienone is 4. The lowest BCUT2D eigenvalue weighted by Crippen LogP contribution is -2.21. The van der Waals surface area contributed by atoms with Gasteiger partial charge in [-0.05, 0) is 76.1 Å². The Hall–Kier alpha value is -2.87. The van der Waals surface area contributed by atoms with Gasteiger partial charge in [0.1, 0.15) is 0 Å². The molecule has 0 N–H and O–H groups in total. The van der Waals surface area contributed by atoms with Crippen molar-refractivity contribution < 1.29 is 9.53 Å². The molecule has 0 fully saturated rings. The van der Waals surface area contributed by atoms with Crippen molar-refractivity contribution in [3.63, 3.8) is 0 Å². The largest absolute Gasteiger partial charge is 0.465 e. The Bertz CT molecular complexity index is 1040. The summed E-state index contributed by atoms with van der Waals surface area (Å²) < 4.78 is 4.77. The summed E-state index contributed by atoms with van der Waals surface area (Å²) in [5.74, 6) is -0.313. The van der Waals surface area contributed by atoms with Crippen LogP contribution in [0.1, 0.15) is 86.5 Å². The predicted molar refractivity (Wildman–Crippen MR) is 137 cm³/mol. The van der Waals surface area contributed by atoms with E-state index in [1.54, 1.807) is 12.1 Å². The lowest BCUT2D eigenvalue weighted by atomic mass is 9.72. The van der Waals surface area contributed by atoms with Crippen LogP contribution in [0.2, 0.25) is 0 Å². The standard InChI is InChI=1S/C30H36O2/c1-7-30(5,8-2)20-18-24-17-19-29(3,4)27-16-13-23(21-26(24)27)10-9-22-11-14-25(15-12-22)28(31)32-6/h9-18,20-21H,7-8,19H2,1-6H3/b10-9+,20-18-. The number of methoxy groups -OCH3 is 1. The Morgan fingerprint density at radius 1 is 1.00 bits per heavy atom. The Morgan fingerprint density at radius 2 is 1.62 bits per heavy atom. The van der Waals surface area contributed by atoms with Gasteiger partial charge in [0.25, 0.3) is 0 Å². The fraction of sp³-hybridized carbons (Fsp3) is 0.367. The lowest BCUT2D eigenvalue weighted by Gasteiger charge is -2.32. The van der Waals surface area contributed by atoms with Crippen molar-refractivity contribution in [1.82, 2.24) is 0 Å².